The largest absolute Gasteiger partial charge is 0.336 e. The summed E-state index contributed by atoms with van der Waals surface area (Å²) < 4.78 is 1.25. The Morgan fingerprint density at radius 3 is 2.60 bits per heavy atom. The van der Waals surface area contributed by atoms with E-state index in [2.05, 4.69) is 15.5 Å². The van der Waals surface area contributed by atoms with Gasteiger partial charge in [0, 0.05) is 11.3 Å². The predicted octanol–water partition coefficient (Wildman–Crippen LogP) is 0.925. The van der Waals surface area contributed by atoms with Gasteiger partial charge in [0.05, 0.1) is 5.75 Å². The standard InChI is InChI=1S/C12H13N5O2S/c1-8(18)9-2-4-10(5-3-9)15-11(19)6-20-12-16-14-7-17(12)13/h2-5,7H,6,13H2,1H3,(H,15,19). The molecule has 0 spiro atoms. The number of nitrogens with one attached hydrogen (secondary N) is 1. The molecule has 1 amide bonds. The van der Waals surface area contributed by atoms with Gasteiger partial charge in [0.15, 0.2) is 5.78 Å². The highest BCUT2D eigenvalue weighted by Gasteiger charge is 2.08. The second kappa shape index (κ2) is 6.20. The minimum Gasteiger partial charge on any atom is -0.336 e. The fraction of sp³-hybridized carbons (Fsp3) is 0.167. The van der Waals surface area contributed by atoms with E-state index in [1.165, 1.54) is 29.7 Å². The van der Waals surface area contributed by atoms with E-state index >= 15 is 0 Å². The molecular formula is C12H13N5O2S. The summed E-state index contributed by atoms with van der Waals surface area (Å²) in [4.78, 5) is 22.9. The van der Waals surface area contributed by atoms with Gasteiger partial charge < -0.3 is 11.2 Å². The van der Waals surface area contributed by atoms with Gasteiger partial charge in [-0.15, -0.1) is 10.2 Å². The molecule has 0 saturated carbocycles. The highest BCUT2D eigenvalue weighted by atomic mass is 32.2. The summed E-state index contributed by atoms with van der Waals surface area (Å²) in [6.07, 6.45) is 1.36. The van der Waals surface area contributed by atoms with Crippen LogP contribution in [0.1, 0.15) is 17.3 Å². The Hall–Kier alpha value is -2.35. The molecule has 0 unspecified atom stereocenters. The van der Waals surface area contributed by atoms with E-state index in [-0.39, 0.29) is 17.4 Å². The summed E-state index contributed by atoms with van der Waals surface area (Å²) in [6, 6.07) is 6.71. The molecule has 0 aliphatic heterocycles. The number of benzene rings is 1. The van der Waals surface area contributed by atoms with Crippen molar-refractivity contribution >= 4 is 29.1 Å². The Morgan fingerprint density at radius 1 is 1.35 bits per heavy atom. The highest BCUT2D eigenvalue weighted by Crippen LogP contribution is 2.14. The molecule has 0 aliphatic rings. The van der Waals surface area contributed by atoms with Crippen LogP contribution in [-0.4, -0.2) is 32.3 Å². The maximum Gasteiger partial charge on any atom is 0.234 e. The van der Waals surface area contributed by atoms with Crippen molar-refractivity contribution in [3.05, 3.63) is 36.2 Å². The molecule has 0 fully saturated rings. The zero-order chi connectivity index (χ0) is 14.5. The van der Waals surface area contributed by atoms with E-state index in [0.29, 0.717) is 16.4 Å². The van der Waals surface area contributed by atoms with Crippen molar-refractivity contribution in [2.24, 2.45) is 0 Å². The lowest BCUT2D eigenvalue weighted by molar-refractivity contribution is -0.113. The van der Waals surface area contributed by atoms with Crippen molar-refractivity contribution in [1.82, 2.24) is 14.9 Å². The van der Waals surface area contributed by atoms with Crippen LogP contribution >= 0.6 is 11.8 Å². The molecule has 1 aromatic heterocycles. The number of hydrogen-bond donors (Lipinski definition) is 2. The van der Waals surface area contributed by atoms with E-state index in [1.54, 1.807) is 24.3 Å². The summed E-state index contributed by atoms with van der Waals surface area (Å²) in [7, 11) is 0. The Kier molecular flexibility index (Phi) is 4.36. The maximum absolute atomic E-state index is 11.7. The number of nitrogens with zero attached hydrogens (tertiary/aromatic N) is 3. The monoisotopic (exact) mass is 291 g/mol. The first-order valence-corrected chi connectivity index (χ1v) is 6.73. The number of anilines is 1. The van der Waals surface area contributed by atoms with Crippen LogP contribution in [0.4, 0.5) is 5.69 Å². The minimum absolute atomic E-state index is 0.0132. The van der Waals surface area contributed by atoms with Crippen molar-refractivity contribution < 1.29 is 9.59 Å². The van der Waals surface area contributed by atoms with Gasteiger partial charge in [-0.1, -0.05) is 11.8 Å². The summed E-state index contributed by atoms with van der Waals surface area (Å²) in [5.74, 6) is 5.50. The molecule has 0 bridgehead atoms. The molecule has 8 heteroatoms. The molecule has 0 atom stereocenters. The average molecular weight is 291 g/mol. The zero-order valence-corrected chi connectivity index (χ0v) is 11.6. The molecule has 1 aromatic carbocycles. The normalized spacial score (nSPS) is 10.2. The van der Waals surface area contributed by atoms with E-state index in [1.807, 2.05) is 0 Å². The van der Waals surface area contributed by atoms with E-state index in [9.17, 15) is 9.59 Å². The molecular weight excluding hydrogens is 278 g/mol. The fourth-order valence-corrected chi connectivity index (χ4v) is 2.08. The van der Waals surface area contributed by atoms with Crippen molar-refractivity contribution in [3.8, 4) is 0 Å². The highest BCUT2D eigenvalue weighted by molar-refractivity contribution is 7.99. The molecule has 104 valence electrons. The van der Waals surface area contributed by atoms with Gasteiger partial charge >= 0.3 is 0 Å². The number of thioether (sulfide) groups is 1. The molecule has 0 aliphatic carbocycles. The van der Waals surface area contributed by atoms with Crippen LogP contribution in [0, 0.1) is 0 Å². The number of carbonyl (C=O) groups is 2. The number of hydrogen-bond acceptors (Lipinski definition) is 6. The lowest BCUT2D eigenvalue weighted by Crippen LogP contribution is -2.15. The molecule has 0 saturated heterocycles. The third-order valence-electron chi connectivity index (χ3n) is 2.45. The van der Waals surface area contributed by atoms with Gasteiger partial charge in [0.25, 0.3) is 0 Å². The van der Waals surface area contributed by atoms with Gasteiger partial charge in [0.1, 0.15) is 6.33 Å². The quantitative estimate of drug-likeness (QED) is 0.482. The smallest absolute Gasteiger partial charge is 0.234 e. The van der Waals surface area contributed by atoms with E-state index in [0.717, 1.165) is 0 Å². The molecule has 7 nitrogen and oxygen atoms in total. The number of aromatic nitrogens is 3. The first kappa shape index (κ1) is 14.1. The molecule has 20 heavy (non-hydrogen) atoms. The van der Waals surface area contributed by atoms with Crippen molar-refractivity contribution in [2.75, 3.05) is 16.9 Å². The first-order valence-electron chi connectivity index (χ1n) is 5.75. The number of nitrogens with two attached hydrogens (primary N) is 1. The topological polar surface area (TPSA) is 103 Å². The van der Waals surface area contributed by atoms with Gasteiger partial charge in [-0.3, -0.25) is 9.59 Å². The van der Waals surface area contributed by atoms with Gasteiger partial charge in [-0.25, -0.2) is 4.68 Å². The summed E-state index contributed by atoms with van der Waals surface area (Å²) in [6.45, 7) is 1.49. The third-order valence-corrected chi connectivity index (χ3v) is 3.40. The lowest BCUT2D eigenvalue weighted by atomic mass is 10.1. The second-order valence-electron chi connectivity index (χ2n) is 3.99. The van der Waals surface area contributed by atoms with Crippen LogP contribution in [0.15, 0.2) is 35.7 Å². The maximum atomic E-state index is 11.7. The van der Waals surface area contributed by atoms with Crippen molar-refractivity contribution in [3.63, 3.8) is 0 Å². The molecule has 1 heterocycles. The predicted molar refractivity (Wildman–Crippen MR) is 76.0 cm³/mol. The number of ketones is 1. The fourth-order valence-electron chi connectivity index (χ4n) is 1.45. The van der Waals surface area contributed by atoms with Crippen LogP contribution in [0.3, 0.4) is 0 Å². The van der Waals surface area contributed by atoms with Crippen LogP contribution in [0.5, 0.6) is 0 Å². The van der Waals surface area contributed by atoms with Crippen LogP contribution in [0.25, 0.3) is 0 Å². The van der Waals surface area contributed by atoms with Gasteiger partial charge in [-0.05, 0) is 31.2 Å². The summed E-state index contributed by atoms with van der Waals surface area (Å²) in [5.41, 5.74) is 1.24. The Labute approximate surface area is 119 Å². The van der Waals surface area contributed by atoms with Crippen molar-refractivity contribution in [2.45, 2.75) is 12.1 Å². The lowest BCUT2D eigenvalue weighted by Gasteiger charge is -2.05. The Morgan fingerprint density at radius 2 is 2.05 bits per heavy atom. The number of Topliss-reactive ketones (excluding diaryl/α,β-unsaturated/α-hetero) is 1. The number of amides is 1. The van der Waals surface area contributed by atoms with Crippen LogP contribution < -0.4 is 11.2 Å². The summed E-state index contributed by atoms with van der Waals surface area (Å²) in [5, 5.41) is 10.6. The molecule has 2 aromatic rings. The SMILES string of the molecule is CC(=O)c1ccc(NC(=O)CSc2nncn2N)cc1. The number of carbonyl (C=O) groups excluding carboxylic acids is 2. The van der Waals surface area contributed by atoms with Crippen molar-refractivity contribution in [1.29, 1.82) is 0 Å². The zero-order valence-electron chi connectivity index (χ0n) is 10.7. The Balaban J connectivity index is 1.88. The number of nitrogen functional groups attached to an aromatic ring is 1. The third kappa shape index (κ3) is 3.58. The molecule has 3 N–H and O–H groups in total. The summed E-state index contributed by atoms with van der Waals surface area (Å²) >= 11 is 1.19. The minimum atomic E-state index is -0.187. The van der Waals surface area contributed by atoms with Gasteiger partial charge in [-0.2, -0.15) is 0 Å². The second-order valence-corrected chi connectivity index (χ2v) is 4.93. The molecule has 2 rings (SSSR count). The van der Waals surface area contributed by atoms with Gasteiger partial charge in [0.2, 0.25) is 11.1 Å². The van der Waals surface area contributed by atoms with Crippen LogP contribution in [-0.2, 0) is 4.79 Å². The first-order chi connectivity index (χ1) is 9.56. The van der Waals surface area contributed by atoms with E-state index in [4.69, 9.17) is 5.84 Å². The van der Waals surface area contributed by atoms with Crippen LogP contribution in [0.2, 0.25) is 0 Å². The Bertz CT molecular complexity index is 623. The van der Waals surface area contributed by atoms with E-state index < -0.39 is 0 Å². The average Bonchev–Trinajstić information content (AvgIpc) is 2.82. The number of rotatable bonds is 5. The molecule has 0 radical (unpaired) electrons.